The Kier molecular flexibility index (Phi) is 3.16. The van der Waals surface area contributed by atoms with E-state index in [1.807, 2.05) is 0 Å². The molecule has 1 aromatic carbocycles. The summed E-state index contributed by atoms with van der Waals surface area (Å²) in [6, 6.07) is 2.06. The fourth-order valence-electron chi connectivity index (χ4n) is 2.53. The molecule has 3 rings (SSSR count). The number of hydrogen-bond donors (Lipinski definition) is 1. The van der Waals surface area contributed by atoms with Crippen LogP contribution in [0.25, 0.3) is 11.1 Å². The van der Waals surface area contributed by atoms with Crippen molar-refractivity contribution < 1.29 is 4.42 Å². The predicted molar refractivity (Wildman–Crippen MR) is 76.0 cm³/mol. The van der Waals surface area contributed by atoms with Crippen molar-refractivity contribution >= 4 is 27.0 Å². The number of nitrogens with zero attached hydrogens (tertiary/aromatic N) is 1. The minimum absolute atomic E-state index is 0.421. The van der Waals surface area contributed by atoms with E-state index in [0.29, 0.717) is 5.92 Å². The van der Waals surface area contributed by atoms with E-state index in [-0.39, 0.29) is 0 Å². The smallest absolute Gasteiger partial charge is 0.199 e. The Morgan fingerprint density at radius 3 is 2.94 bits per heavy atom. The van der Waals surface area contributed by atoms with Gasteiger partial charge >= 0.3 is 0 Å². The average Bonchev–Trinajstić information content (AvgIpc) is 2.81. The second-order valence-corrected chi connectivity index (χ2v) is 5.91. The molecule has 2 heterocycles. The van der Waals surface area contributed by atoms with E-state index in [1.54, 1.807) is 0 Å². The lowest BCUT2D eigenvalue weighted by Crippen LogP contribution is -2.28. The van der Waals surface area contributed by atoms with E-state index >= 15 is 0 Å². The van der Waals surface area contributed by atoms with E-state index in [4.69, 9.17) is 4.42 Å². The van der Waals surface area contributed by atoms with Crippen LogP contribution in [0, 0.1) is 13.8 Å². The number of benzene rings is 1. The summed E-state index contributed by atoms with van der Waals surface area (Å²) >= 11 is 3.58. The van der Waals surface area contributed by atoms with Gasteiger partial charge in [-0.1, -0.05) is 15.9 Å². The minimum atomic E-state index is 0.421. The highest BCUT2D eigenvalue weighted by atomic mass is 79.9. The second kappa shape index (κ2) is 4.67. The maximum atomic E-state index is 6.00. The van der Waals surface area contributed by atoms with E-state index in [9.17, 15) is 0 Å². The van der Waals surface area contributed by atoms with Crippen molar-refractivity contribution in [1.29, 1.82) is 0 Å². The standard InChI is InChI=1S/C14H17BrN2O/c1-8-9(2)13-12(6-11(8)15)17-14(18-13)10-4-3-5-16-7-10/h6,10,16H,3-5,7H2,1-2H3. The fourth-order valence-corrected chi connectivity index (χ4v) is 3.04. The van der Waals surface area contributed by atoms with Gasteiger partial charge in [0.15, 0.2) is 11.5 Å². The Bertz CT molecular complexity index is 585. The van der Waals surface area contributed by atoms with Gasteiger partial charge in [0.1, 0.15) is 5.52 Å². The van der Waals surface area contributed by atoms with Crippen LogP contribution in [-0.4, -0.2) is 18.1 Å². The monoisotopic (exact) mass is 308 g/mol. The first kappa shape index (κ1) is 12.2. The van der Waals surface area contributed by atoms with Gasteiger partial charge in [-0.25, -0.2) is 4.98 Å². The minimum Gasteiger partial charge on any atom is -0.440 e. The topological polar surface area (TPSA) is 38.1 Å². The summed E-state index contributed by atoms with van der Waals surface area (Å²) in [4.78, 5) is 4.66. The zero-order valence-electron chi connectivity index (χ0n) is 10.7. The number of aromatic nitrogens is 1. The first-order valence-electron chi connectivity index (χ1n) is 6.43. The molecule has 0 amide bonds. The summed E-state index contributed by atoms with van der Waals surface area (Å²) in [5, 5.41) is 3.41. The largest absolute Gasteiger partial charge is 0.440 e. The van der Waals surface area contributed by atoms with Crippen molar-refractivity contribution in [3.05, 3.63) is 27.6 Å². The summed E-state index contributed by atoms with van der Waals surface area (Å²) < 4.78 is 7.11. The third-order valence-corrected chi connectivity index (χ3v) is 4.66. The van der Waals surface area contributed by atoms with Crippen LogP contribution in [0.4, 0.5) is 0 Å². The molecule has 0 spiro atoms. The van der Waals surface area contributed by atoms with Crippen molar-refractivity contribution in [2.45, 2.75) is 32.6 Å². The summed E-state index contributed by atoms with van der Waals surface area (Å²) in [5.74, 6) is 1.31. The summed E-state index contributed by atoms with van der Waals surface area (Å²) in [6.07, 6.45) is 2.37. The Morgan fingerprint density at radius 2 is 2.22 bits per heavy atom. The Hall–Kier alpha value is -0.870. The lowest BCUT2D eigenvalue weighted by atomic mass is 10.00. The van der Waals surface area contributed by atoms with Crippen LogP contribution in [0.15, 0.2) is 15.0 Å². The molecule has 1 atom stereocenters. The second-order valence-electron chi connectivity index (χ2n) is 5.05. The van der Waals surface area contributed by atoms with Gasteiger partial charge in [0.25, 0.3) is 0 Å². The van der Waals surface area contributed by atoms with E-state index in [0.717, 1.165) is 34.6 Å². The summed E-state index contributed by atoms with van der Waals surface area (Å²) in [7, 11) is 0. The third kappa shape index (κ3) is 1.97. The van der Waals surface area contributed by atoms with Crippen LogP contribution in [0.5, 0.6) is 0 Å². The van der Waals surface area contributed by atoms with Crippen LogP contribution < -0.4 is 5.32 Å². The molecule has 1 aliphatic rings. The van der Waals surface area contributed by atoms with Crippen LogP contribution in [-0.2, 0) is 0 Å². The fraction of sp³-hybridized carbons (Fsp3) is 0.500. The molecule has 3 nitrogen and oxygen atoms in total. The number of halogens is 1. The molecule has 1 N–H and O–H groups in total. The van der Waals surface area contributed by atoms with Crippen molar-refractivity contribution in [2.75, 3.05) is 13.1 Å². The SMILES string of the molecule is Cc1c(Br)cc2nc(C3CCCNC3)oc2c1C. The highest BCUT2D eigenvalue weighted by molar-refractivity contribution is 9.10. The number of aryl methyl sites for hydroxylation is 1. The zero-order valence-corrected chi connectivity index (χ0v) is 12.3. The number of hydrogen-bond acceptors (Lipinski definition) is 3. The molecule has 0 radical (unpaired) electrons. The van der Waals surface area contributed by atoms with Gasteiger partial charge in [-0.05, 0) is 50.4 Å². The first-order chi connectivity index (χ1) is 8.66. The molecule has 1 unspecified atom stereocenters. The van der Waals surface area contributed by atoms with Gasteiger partial charge in [-0.2, -0.15) is 0 Å². The normalized spacial score (nSPS) is 20.5. The molecule has 2 aromatic rings. The number of fused-ring (bicyclic) bond motifs is 1. The van der Waals surface area contributed by atoms with Crippen LogP contribution in [0.2, 0.25) is 0 Å². The molecule has 96 valence electrons. The molecule has 1 aliphatic heterocycles. The van der Waals surface area contributed by atoms with Gasteiger partial charge in [0.2, 0.25) is 0 Å². The maximum absolute atomic E-state index is 6.00. The number of oxazole rings is 1. The molecular formula is C14H17BrN2O. The number of piperidine rings is 1. The van der Waals surface area contributed by atoms with Crippen molar-refractivity contribution in [3.63, 3.8) is 0 Å². The molecule has 0 aliphatic carbocycles. The first-order valence-corrected chi connectivity index (χ1v) is 7.23. The molecule has 0 saturated carbocycles. The molecule has 1 aromatic heterocycles. The lowest BCUT2D eigenvalue weighted by molar-refractivity contribution is 0.387. The van der Waals surface area contributed by atoms with E-state index in [1.165, 1.54) is 24.0 Å². The number of nitrogens with one attached hydrogen (secondary N) is 1. The van der Waals surface area contributed by atoms with Gasteiger partial charge in [-0.3, -0.25) is 0 Å². The molecular weight excluding hydrogens is 292 g/mol. The summed E-state index contributed by atoms with van der Waals surface area (Å²) in [5.41, 5.74) is 4.32. The van der Waals surface area contributed by atoms with Crippen molar-refractivity contribution in [1.82, 2.24) is 10.3 Å². The zero-order chi connectivity index (χ0) is 12.7. The Labute approximate surface area is 115 Å². The predicted octanol–water partition coefficient (Wildman–Crippen LogP) is 3.67. The van der Waals surface area contributed by atoms with Gasteiger partial charge < -0.3 is 9.73 Å². The van der Waals surface area contributed by atoms with Gasteiger partial charge in [-0.15, -0.1) is 0 Å². The van der Waals surface area contributed by atoms with Gasteiger partial charge in [0, 0.05) is 16.9 Å². The lowest BCUT2D eigenvalue weighted by Gasteiger charge is -2.19. The van der Waals surface area contributed by atoms with E-state index in [2.05, 4.69) is 46.1 Å². The molecule has 18 heavy (non-hydrogen) atoms. The summed E-state index contributed by atoms with van der Waals surface area (Å²) in [6.45, 7) is 6.28. The molecule has 4 heteroatoms. The molecule has 1 saturated heterocycles. The highest BCUT2D eigenvalue weighted by Gasteiger charge is 2.21. The third-order valence-electron chi connectivity index (χ3n) is 3.84. The quantitative estimate of drug-likeness (QED) is 0.873. The highest BCUT2D eigenvalue weighted by Crippen LogP contribution is 2.32. The molecule has 1 fully saturated rings. The number of rotatable bonds is 1. The van der Waals surface area contributed by atoms with Crippen LogP contribution in [0.1, 0.15) is 35.8 Å². The molecule has 0 bridgehead atoms. The Balaban J connectivity index is 2.07. The van der Waals surface area contributed by atoms with Crippen LogP contribution >= 0.6 is 15.9 Å². The average molecular weight is 309 g/mol. The van der Waals surface area contributed by atoms with Crippen LogP contribution in [0.3, 0.4) is 0 Å². The Morgan fingerprint density at radius 1 is 1.39 bits per heavy atom. The maximum Gasteiger partial charge on any atom is 0.199 e. The van der Waals surface area contributed by atoms with Gasteiger partial charge in [0.05, 0.1) is 0 Å². The van der Waals surface area contributed by atoms with Crippen molar-refractivity contribution in [3.8, 4) is 0 Å². The van der Waals surface area contributed by atoms with E-state index < -0.39 is 0 Å². The van der Waals surface area contributed by atoms with Crippen molar-refractivity contribution in [2.24, 2.45) is 0 Å².